The molecule has 0 bridgehead atoms. The van der Waals surface area contributed by atoms with Crippen molar-refractivity contribution in [1.29, 1.82) is 0 Å². The zero-order valence-electron chi connectivity index (χ0n) is 14.6. The molecule has 0 aliphatic carbocycles. The summed E-state index contributed by atoms with van der Waals surface area (Å²) in [5.74, 6) is 0.170. The van der Waals surface area contributed by atoms with Crippen LogP contribution in [0.5, 0.6) is 5.75 Å². The first-order valence-electron chi connectivity index (χ1n) is 8.31. The third kappa shape index (κ3) is 4.62. The summed E-state index contributed by atoms with van der Waals surface area (Å²) >= 11 is 1.06. The SMILES string of the molecule is CCOc1ccc(-n2ccnc(SCC(=O)c3ccc(F)cc3)c2=O)cc1. The summed E-state index contributed by atoms with van der Waals surface area (Å²) in [4.78, 5) is 28.9. The molecule has 1 aromatic heterocycles. The molecule has 0 N–H and O–H groups in total. The normalized spacial score (nSPS) is 10.6. The minimum absolute atomic E-state index is 0.0428. The summed E-state index contributed by atoms with van der Waals surface area (Å²) in [6.07, 6.45) is 3.09. The molecule has 0 aliphatic heterocycles. The van der Waals surface area contributed by atoms with Crippen molar-refractivity contribution in [2.24, 2.45) is 0 Å². The summed E-state index contributed by atoms with van der Waals surface area (Å²) < 4.78 is 19.8. The van der Waals surface area contributed by atoms with Crippen molar-refractivity contribution in [2.45, 2.75) is 11.9 Å². The number of thioether (sulfide) groups is 1. The summed E-state index contributed by atoms with van der Waals surface area (Å²) in [6, 6.07) is 12.5. The first-order chi connectivity index (χ1) is 13.1. The van der Waals surface area contributed by atoms with Crippen LogP contribution in [0.3, 0.4) is 0 Å². The molecule has 7 heteroatoms. The van der Waals surface area contributed by atoms with Gasteiger partial charge >= 0.3 is 0 Å². The van der Waals surface area contributed by atoms with Gasteiger partial charge in [-0.05, 0) is 55.5 Å². The molecule has 0 saturated carbocycles. The smallest absolute Gasteiger partial charge is 0.287 e. The summed E-state index contributed by atoms with van der Waals surface area (Å²) in [5, 5.41) is 0.224. The van der Waals surface area contributed by atoms with Crippen molar-refractivity contribution in [3.05, 3.63) is 82.7 Å². The average Bonchev–Trinajstić information content (AvgIpc) is 2.68. The number of Topliss-reactive ketones (excluding diaryl/α,β-unsaturated/α-hetero) is 1. The Morgan fingerprint density at radius 1 is 1.15 bits per heavy atom. The second-order valence-corrected chi connectivity index (χ2v) is 6.52. The number of benzene rings is 2. The number of rotatable bonds is 7. The first kappa shape index (κ1) is 18.8. The van der Waals surface area contributed by atoms with E-state index in [0.717, 1.165) is 17.5 Å². The van der Waals surface area contributed by atoms with Gasteiger partial charge in [-0.15, -0.1) is 0 Å². The van der Waals surface area contributed by atoms with E-state index in [0.29, 0.717) is 17.9 Å². The molecular weight excluding hydrogens is 367 g/mol. The molecule has 0 saturated heterocycles. The molecule has 0 radical (unpaired) electrons. The zero-order chi connectivity index (χ0) is 19.2. The molecule has 0 unspecified atom stereocenters. The van der Waals surface area contributed by atoms with E-state index >= 15 is 0 Å². The Kier molecular flexibility index (Phi) is 6.03. The minimum Gasteiger partial charge on any atom is -0.494 e. The van der Waals surface area contributed by atoms with Crippen LogP contribution in [0.15, 0.2) is 70.7 Å². The van der Waals surface area contributed by atoms with E-state index < -0.39 is 5.82 Å². The van der Waals surface area contributed by atoms with Gasteiger partial charge in [0.2, 0.25) is 0 Å². The fraction of sp³-hybridized carbons (Fsp3) is 0.150. The number of carbonyl (C=O) groups is 1. The number of ketones is 1. The summed E-state index contributed by atoms with van der Waals surface area (Å²) in [7, 11) is 0. The van der Waals surface area contributed by atoms with Crippen molar-refractivity contribution in [3.63, 3.8) is 0 Å². The first-order valence-corrected chi connectivity index (χ1v) is 9.29. The molecule has 3 aromatic rings. The minimum atomic E-state index is -0.401. The third-order valence-electron chi connectivity index (χ3n) is 3.74. The molecule has 5 nitrogen and oxygen atoms in total. The van der Waals surface area contributed by atoms with E-state index in [1.54, 1.807) is 30.5 Å². The van der Waals surface area contributed by atoms with Gasteiger partial charge < -0.3 is 4.74 Å². The Hall–Kier alpha value is -2.93. The van der Waals surface area contributed by atoms with E-state index in [1.165, 1.54) is 35.0 Å². The van der Waals surface area contributed by atoms with Crippen molar-refractivity contribution in [1.82, 2.24) is 9.55 Å². The largest absolute Gasteiger partial charge is 0.494 e. The Bertz CT molecular complexity index is 985. The topological polar surface area (TPSA) is 61.2 Å². The lowest BCUT2D eigenvalue weighted by atomic mass is 10.1. The van der Waals surface area contributed by atoms with Gasteiger partial charge in [-0.25, -0.2) is 9.37 Å². The van der Waals surface area contributed by atoms with Crippen LogP contribution in [0.4, 0.5) is 4.39 Å². The molecule has 1 heterocycles. The van der Waals surface area contributed by atoms with E-state index in [9.17, 15) is 14.0 Å². The highest BCUT2D eigenvalue weighted by Crippen LogP contribution is 2.17. The van der Waals surface area contributed by atoms with Crippen LogP contribution in [0.1, 0.15) is 17.3 Å². The Labute approximate surface area is 159 Å². The van der Waals surface area contributed by atoms with Gasteiger partial charge in [0.15, 0.2) is 10.8 Å². The Morgan fingerprint density at radius 2 is 1.85 bits per heavy atom. The van der Waals surface area contributed by atoms with Crippen molar-refractivity contribution in [2.75, 3.05) is 12.4 Å². The van der Waals surface area contributed by atoms with Gasteiger partial charge in [0.1, 0.15) is 11.6 Å². The van der Waals surface area contributed by atoms with E-state index in [2.05, 4.69) is 4.98 Å². The average molecular weight is 384 g/mol. The highest BCUT2D eigenvalue weighted by molar-refractivity contribution is 7.99. The van der Waals surface area contributed by atoms with E-state index in [-0.39, 0.29) is 22.1 Å². The third-order valence-corrected chi connectivity index (χ3v) is 4.70. The number of hydrogen-bond acceptors (Lipinski definition) is 5. The van der Waals surface area contributed by atoms with Crippen molar-refractivity contribution in [3.8, 4) is 11.4 Å². The van der Waals surface area contributed by atoms with Gasteiger partial charge in [0, 0.05) is 23.6 Å². The molecule has 2 aromatic carbocycles. The summed E-state index contributed by atoms with van der Waals surface area (Å²) in [6.45, 7) is 2.47. The van der Waals surface area contributed by atoms with Crippen molar-refractivity contribution < 1.29 is 13.9 Å². The number of hydrogen-bond donors (Lipinski definition) is 0. The van der Waals surface area contributed by atoms with Gasteiger partial charge in [0.25, 0.3) is 5.56 Å². The molecule has 0 spiro atoms. The Morgan fingerprint density at radius 3 is 2.52 bits per heavy atom. The molecule has 27 heavy (non-hydrogen) atoms. The van der Waals surface area contributed by atoms with Gasteiger partial charge in [-0.2, -0.15) is 0 Å². The molecule has 138 valence electrons. The highest BCUT2D eigenvalue weighted by atomic mass is 32.2. The number of aromatic nitrogens is 2. The fourth-order valence-electron chi connectivity index (χ4n) is 2.42. The van der Waals surface area contributed by atoms with Crippen molar-refractivity contribution >= 4 is 17.5 Å². The van der Waals surface area contributed by atoms with Crippen LogP contribution in [0, 0.1) is 5.82 Å². The maximum Gasteiger partial charge on any atom is 0.287 e. The maximum atomic E-state index is 12.9. The number of ether oxygens (including phenoxy) is 1. The van der Waals surface area contributed by atoms with Gasteiger partial charge in [0.05, 0.1) is 12.4 Å². The van der Waals surface area contributed by atoms with E-state index in [1.807, 2.05) is 6.92 Å². The molecular formula is C20H17FN2O3S. The van der Waals surface area contributed by atoms with Crippen LogP contribution in [-0.4, -0.2) is 27.7 Å². The molecule has 0 aliphatic rings. The second kappa shape index (κ2) is 8.64. The Balaban J connectivity index is 1.75. The van der Waals surface area contributed by atoms with Crippen LogP contribution < -0.4 is 10.3 Å². The zero-order valence-corrected chi connectivity index (χ0v) is 15.4. The molecule has 0 atom stereocenters. The highest BCUT2D eigenvalue weighted by Gasteiger charge is 2.12. The lowest BCUT2D eigenvalue weighted by Gasteiger charge is -2.08. The quantitative estimate of drug-likeness (QED) is 0.459. The molecule has 3 rings (SSSR count). The molecule has 0 amide bonds. The van der Waals surface area contributed by atoms with Gasteiger partial charge in [-0.3, -0.25) is 14.2 Å². The predicted octanol–water partition coefficient (Wildman–Crippen LogP) is 3.75. The standard InChI is InChI=1S/C20H17FN2O3S/c1-2-26-17-9-7-16(8-10-17)23-12-11-22-19(20(23)25)27-13-18(24)14-3-5-15(21)6-4-14/h3-12H,2,13H2,1H3. The monoisotopic (exact) mass is 384 g/mol. The van der Waals surface area contributed by atoms with Crippen LogP contribution in [0.25, 0.3) is 5.69 Å². The fourth-order valence-corrected chi connectivity index (χ4v) is 3.21. The molecule has 0 fully saturated rings. The number of nitrogens with zero attached hydrogens (tertiary/aromatic N) is 2. The van der Waals surface area contributed by atoms with Gasteiger partial charge in [-0.1, -0.05) is 11.8 Å². The lowest BCUT2D eigenvalue weighted by molar-refractivity contribution is 0.102. The second-order valence-electron chi connectivity index (χ2n) is 5.55. The van der Waals surface area contributed by atoms with Crippen LogP contribution in [0.2, 0.25) is 0 Å². The van der Waals surface area contributed by atoms with Crippen LogP contribution >= 0.6 is 11.8 Å². The predicted molar refractivity (Wildman–Crippen MR) is 102 cm³/mol. The lowest BCUT2D eigenvalue weighted by Crippen LogP contribution is -2.21. The number of halogens is 1. The number of carbonyl (C=O) groups excluding carboxylic acids is 1. The van der Waals surface area contributed by atoms with E-state index in [4.69, 9.17) is 4.74 Å². The van der Waals surface area contributed by atoms with Crippen LogP contribution in [-0.2, 0) is 0 Å². The maximum absolute atomic E-state index is 12.9. The summed E-state index contributed by atoms with van der Waals surface area (Å²) in [5.41, 5.74) is 0.766.